The lowest BCUT2D eigenvalue weighted by atomic mass is 10.1. The zero-order chi connectivity index (χ0) is 26.6. The molecular weight excluding hydrogens is 599 g/mol. The summed E-state index contributed by atoms with van der Waals surface area (Å²) < 4.78 is 18.1. The Kier molecular flexibility index (Phi) is 7.36. The van der Waals surface area contributed by atoms with Crippen molar-refractivity contribution in [3.05, 3.63) is 115 Å². The van der Waals surface area contributed by atoms with Crippen LogP contribution in [0, 0.1) is 13.7 Å². The van der Waals surface area contributed by atoms with Gasteiger partial charge in [-0.1, -0.05) is 30.3 Å². The lowest BCUT2D eigenvalue weighted by molar-refractivity contribution is -0.384. The van der Waals surface area contributed by atoms with Gasteiger partial charge >= 0.3 is 5.97 Å². The second-order valence-corrected chi connectivity index (χ2v) is 9.54. The Bertz CT molecular complexity index is 1610. The van der Waals surface area contributed by atoms with Crippen molar-refractivity contribution >= 4 is 57.0 Å². The number of benzene rings is 4. The summed E-state index contributed by atoms with van der Waals surface area (Å²) in [5.74, 6) is 0.787. The molecule has 0 unspecified atom stereocenters. The van der Waals surface area contributed by atoms with Crippen molar-refractivity contribution < 1.29 is 23.9 Å². The minimum absolute atomic E-state index is 0.0209. The molecule has 0 aliphatic carbocycles. The molecule has 1 heterocycles. The predicted molar refractivity (Wildman–Crippen MR) is 152 cm³/mol. The number of carbonyl (C=O) groups is 1. The Morgan fingerprint density at radius 3 is 2.50 bits per heavy atom. The highest BCUT2D eigenvalue weighted by molar-refractivity contribution is 14.1. The molecule has 1 aliphatic heterocycles. The standard InChI is InChI=1S/C29H21IN2O6/c1-2-36-26-15-19(13-24(30)27(26)37-17-18-7-11-23(12-8-18)32(34)35)14-25-29(33)38-28(31-25)22-10-9-20-5-3-4-6-21(20)16-22/h3-16H,2,17H2,1H3. The highest BCUT2D eigenvalue weighted by atomic mass is 127. The molecule has 0 fully saturated rings. The number of nitrogens with zero attached hydrogens (tertiary/aromatic N) is 2. The fraction of sp³-hybridized carbons (Fsp3) is 0.103. The van der Waals surface area contributed by atoms with E-state index in [1.807, 2.05) is 55.5 Å². The molecule has 0 atom stereocenters. The fourth-order valence-corrected chi connectivity index (χ4v) is 4.74. The molecule has 4 aromatic rings. The summed E-state index contributed by atoms with van der Waals surface area (Å²) in [6.45, 7) is 2.49. The number of carbonyl (C=O) groups excluding carboxylic acids is 1. The lowest BCUT2D eigenvalue weighted by Gasteiger charge is -2.15. The predicted octanol–water partition coefficient (Wildman–Crippen LogP) is 6.67. The Morgan fingerprint density at radius 1 is 1.00 bits per heavy atom. The molecular formula is C29H21IN2O6. The van der Waals surface area contributed by atoms with Gasteiger partial charge in [-0.3, -0.25) is 10.1 Å². The van der Waals surface area contributed by atoms with E-state index < -0.39 is 10.9 Å². The number of cyclic esters (lactones) is 1. The van der Waals surface area contributed by atoms with Crippen LogP contribution in [0.2, 0.25) is 0 Å². The van der Waals surface area contributed by atoms with E-state index in [-0.39, 0.29) is 23.9 Å². The van der Waals surface area contributed by atoms with Crippen LogP contribution in [0.5, 0.6) is 11.5 Å². The number of hydrogen-bond donors (Lipinski definition) is 0. The van der Waals surface area contributed by atoms with Crippen molar-refractivity contribution in [1.82, 2.24) is 0 Å². The molecule has 0 saturated carbocycles. The number of fused-ring (bicyclic) bond motifs is 1. The monoisotopic (exact) mass is 620 g/mol. The van der Waals surface area contributed by atoms with E-state index in [4.69, 9.17) is 14.2 Å². The molecule has 0 bridgehead atoms. The van der Waals surface area contributed by atoms with Crippen LogP contribution in [-0.4, -0.2) is 23.4 Å². The van der Waals surface area contributed by atoms with Crippen LogP contribution in [-0.2, 0) is 16.1 Å². The third-order valence-electron chi connectivity index (χ3n) is 5.78. The number of halogens is 1. The first-order valence-corrected chi connectivity index (χ1v) is 12.8. The fourth-order valence-electron chi connectivity index (χ4n) is 3.96. The van der Waals surface area contributed by atoms with E-state index in [1.165, 1.54) is 12.1 Å². The molecule has 0 saturated heterocycles. The molecule has 1 aliphatic rings. The first kappa shape index (κ1) is 25.4. The molecule has 0 spiro atoms. The smallest absolute Gasteiger partial charge is 0.363 e. The van der Waals surface area contributed by atoms with Crippen molar-refractivity contribution in [3.63, 3.8) is 0 Å². The van der Waals surface area contributed by atoms with Gasteiger partial charge in [-0.15, -0.1) is 0 Å². The van der Waals surface area contributed by atoms with E-state index in [0.717, 1.165) is 25.5 Å². The summed E-state index contributed by atoms with van der Waals surface area (Å²) in [4.78, 5) is 27.5. The van der Waals surface area contributed by atoms with Gasteiger partial charge in [-0.25, -0.2) is 9.79 Å². The SMILES string of the molecule is CCOc1cc(C=C2N=C(c3ccc4ccccc4c3)OC2=O)cc(I)c1OCc1ccc([N+](=O)[O-])cc1. The normalized spacial score (nSPS) is 13.9. The number of rotatable bonds is 8. The van der Waals surface area contributed by atoms with Crippen molar-refractivity contribution in [2.45, 2.75) is 13.5 Å². The number of esters is 1. The Balaban J connectivity index is 1.39. The first-order chi connectivity index (χ1) is 18.4. The van der Waals surface area contributed by atoms with Gasteiger partial charge in [0.25, 0.3) is 5.69 Å². The van der Waals surface area contributed by atoms with Gasteiger partial charge in [0.1, 0.15) is 6.61 Å². The molecule has 8 nitrogen and oxygen atoms in total. The van der Waals surface area contributed by atoms with E-state index in [2.05, 4.69) is 27.6 Å². The number of nitro groups is 1. The van der Waals surface area contributed by atoms with E-state index in [9.17, 15) is 14.9 Å². The van der Waals surface area contributed by atoms with Gasteiger partial charge in [0.2, 0.25) is 5.90 Å². The Morgan fingerprint density at radius 2 is 1.76 bits per heavy atom. The molecule has 0 amide bonds. The average molecular weight is 620 g/mol. The lowest BCUT2D eigenvalue weighted by Crippen LogP contribution is -2.05. The van der Waals surface area contributed by atoms with Crippen LogP contribution in [0.25, 0.3) is 16.8 Å². The molecule has 0 N–H and O–H groups in total. The number of ether oxygens (including phenoxy) is 3. The third-order valence-corrected chi connectivity index (χ3v) is 6.58. The van der Waals surface area contributed by atoms with Crippen LogP contribution in [0.15, 0.2) is 89.6 Å². The average Bonchev–Trinajstić information content (AvgIpc) is 3.28. The highest BCUT2D eigenvalue weighted by Gasteiger charge is 2.25. The number of nitro benzene ring substituents is 1. The van der Waals surface area contributed by atoms with E-state index >= 15 is 0 Å². The maximum Gasteiger partial charge on any atom is 0.363 e. The Hall–Kier alpha value is -4.25. The zero-order valence-corrected chi connectivity index (χ0v) is 22.4. The quantitative estimate of drug-likeness (QED) is 0.0717. The second-order valence-electron chi connectivity index (χ2n) is 8.37. The van der Waals surface area contributed by atoms with E-state index in [0.29, 0.717) is 23.7 Å². The van der Waals surface area contributed by atoms with Crippen LogP contribution in [0.4, 0.5) is 5.69 Å². The third kappa shape index (κ3) is 5.52. The summed E-state index contributed by atoms with van der Waals surface area (Å²) >= 11 is 2.15. The van der Waals surface area contributed by atoms with Gasteiger partial charge in [0.05, 0.1) is 15.1 Å². The maximum absolute atomic E-state index is 12.6. The largest absolute Gasteiger partial charge is 0.490 e. The highest BCUT2D eigenvalue weighted by Crippen LogP contribution is 2.36. The van der Waals surface area contributed by atoms with Crippen molar-refractivity contribution in [3.8, 4) is 11.5 Å². The van der Waals surface area contributed by atoms with Gasteiger partial charge in [0, 0.05) is 17.7 Å². The molecule has 0 aromatic heterocycles. The number of aliphatic imine (C=N–C) groups is 1. The summed E-state index contributed by atoms with van der Waals surface area (Å²) in [6.07, 6.45) is 1.65. The van der Waals surface area contributed by atoms with Gasteiger partial charge in [0.15, 0.2) is 17.2 Å². The van der Waals surface area contributed by atoms with Gasteiger partial charge in [-0.05, 0) is 93.9 Å². The van der Waals surface area contributed by atoms with Gasteiger partial charge < -0.3 is 14.2 Å². The number of non-ortho nitro benzene ring substituents is 1. The van der Waals surface area contributed by atoms with Crippen molar-refractivity contribution in [1.29, 1.82) is 0 Å². The van der Waals surface area contributed by atoms with E-state index in [1.54, 1.807) is 24.3 Å². The van der Waals surface area contributed by atoms with Crippen LogP contribution < -0.4 is 9.47 Å². The van der Waals surface area contributed by atoms with Crippen LogP contribution in [0.3, 0.4) is 0 Å². The van der Waals surface area contributed by atoms with Crippen molar-refractivity contribution in [2.24, 2.45) is 4.99 Å². The molecule has 0 radical (unpaired) electrons. The maximum atomic E-state index is 12.6. The first-order valence-electron chi connectivity index (χ1n) is 11.8. The van der Waals surface area contributed by atoms with Crippen LogP contribution >= 0.6 is 22.6 Å². The zero-order valence-electron chi connectivity index (χ0n) is 20.2. The minimum atomic E-state index is -0.528. The van der Waals surface area contributed by atoms with Crippen molar-refractivity contribution in [2.75, 3.05) is 6.61 Å². The van der Waals surface area contributed by atoms with Gasteiger partial charge in [-0.2, -0.15) is 0 Å². The summed E-state index contributed by atoms with van der Waals surface area (Å²) in [5, 5.41) is 13.0. The number of hydrogen-bond acceptors (Lipinski definition) is 7. The second kappa shape index (κ2) is 11.0. The topological polar surface area (TPSA) is 100 Å². The molecule has 38 heavy (non-hydrogen) atoms. The summed E-state index contributed by atoms with van der Waals surface area (Å²) in [5.41, 5.74) is 2.42. The molecule has 190 valence electrons. The molecule has 9 heteroatoms. The summed E-state index contributed by atoms with van der Waals surface area (Å²) in [7, 11) is 0. The minimum Gasteiger partial charge on any atom is -0.490 e. The summed E-state index contributed by atoms with van der Waals surface area (Å²) in [6, 6.07) is 23.6. The molecule has 4 aromatic carbocycles. The van der Waals surface area contributed by atoms with Crippen LogP contribution in [0.1, 0.15) is 23.6 Å². The molecule has 5 rings (SSSR count). The Labute approximate surface area is 231 Å².